The molecule has 1 aromatic carbocycles. The Kier molecular flexibility index (Phi) is 4.46. The van der Waals surface area contributed by atoms with Crippen LogP contribution in [0.4, 0.5) is 5.69 Å². The Morgan fingerprint density at radius 1 is 1.60 bits per heavy atom. The molecule has 0 aromatic heterocycles. The molecule has 0 bridgehead atoms. The van der Waals surface area contributed by atoms with E-state index in [0.29, 0.717) is 24.5 Å². The summed E-state index contributed by atoms with van der Waals surface area (Å²) in [4.78, 5) is 11.7. The molecule has 6 nitrogen and oxygen atoms in total. The molecule has 1 fully saturated rings. The van der Waals surface area contributed by atoms with Crippen LogP contribution in [0.5, 0.6) is 5.75 Å². The third kappa shape index (κ3) is 3.40. The molecule has 20 heavy (non-hydrogen) atoms. The van der Waals surface area contributed by atoms with Crippen molar-refractivity contribution in [2.45, 2.75) is 25.0 Å². The van der Waals surface area contributed by atoms with Gasteiger partial charge in [0.25, 0.3) is 5.91 Å². The van der Waals surface area contributed by atoms with Gasteiger partial charge in [-0.1, -0.05) is 12.1 Å². The molecule has 0 spiro atoms. The molecule has 1 aromatic rings. The molecule has 0 saturated carbocycles. The lowest BCUT2D eigenvalue weighted by Gasteiger charge is -2.26. The average molecular weight is 280 g/mol. The fourth-order valence-electron chi connectivity index (χ4n) is 2.06. The number of nitrogen functional groups attached to an aromatic ring is 1. The van der Waals surface area contributed by atoms with Gasteiger partial charge < -0.3 is 25.6 Å². The van der Waals surface area contributed by atoms with Gasteiger partial charge >= 0.3 is 0 Å². The van der Waals surface area contributed by atoms with Crippen LogP contribution in [-0.2, 0) is 9.53 Å². The first-order valence-electron chi connectivity index (χ1n) is 6.59. The number of nitrogens with one attached hydrogen (secondary N) is 1. The molecule has 1 heterocycles. The predicted molar refractivity (Wildman–Crippen MR) is 74.3 cm³/mol. The molecule has 1 saturated heterocycles. The first-order valence-corrected chi connectivity index (χ1v) is 6.59. The second-order valence-electron chi connectivity index (χ2n) is 4.97. The number of anilines is 1. The number of hydrogen-bond acceptors (Lipinski definition) is 5. The van der Waals surface area contributed by atoms with E-state index in [1.807, 2.05) is 0 Å². The number of ether oxygens (including phenoxy) is 2. The van der Waals surface area contributed by atoms with Gasteiger partial charge in [-0.05, 0) is 19.1 Å². The summed E-state index contributed by atoms with van der Waals surface area (Å²) >= 11 is 0. The number of para-hydroxylation sites is 2. The van der Waals surface area contributed by atoms with Crippen LogP contribution in [0.15, 0.2) is 24.3 Å². The average Bonchev–Trinajstić information content (AvgIpc) is 2.76. The van der Waals surface area contributed by atoms with Crippen LogP contribution in [-0.4, -0.2) is 42.5 Å². The Bertz CT molecular complexity index is 480. The van der Waals surface area contributed by atoms with Crippen LogP contribution < -0.4 is 15.8 Å². The van der Waals surface area contributed by atoms with E-state index in [4.69, 9.17) is 15.2 Å². The summed E-state index contributed by atoms with van der Waals surface area (Å²) in [6, 6.07) is 6.97. The zero-order chi connectivity index (χ0) is 14.6. The maximum atomic E-state index is 11.7. The van der Waals surface area contributed by atoms with Crippen molar-refractivity contribution in [1.29, 1.82) is 0 Å². The molecule has 2 rings (SSSR count). The van der Waals surface area contributed by atoms with Crippen molar-refractivity contribution in [2.24, 2.45) is 0 Å². The molecule has 2 unspecified atom stereocenters. The van der Waals surface area contributed by atoms with E-state index >= 15 is 0 Å². The van der Waals surface area contributed by atoms with Crippen molar-refractivity contribution in [3.05, 3.63) is 24.3 Å². The van der Waals surface area contributed by atoms with Gasteiger partial charge in [0, 0.05) is 19.6 Å². The summed E-state index contributed by atoms with van der Waals surface area (Å²) in [6.45, 7) is 2.31. The predicted octanol–water partition coefficient (Wildman–Crippen LogP) is 0.304. The number of nitrogens with two attached hydrogens (primary N) is 1. The van der Waals surface area contributed by atoms with Crippen LogP contribution >= 0.6 is 0 Å². The Hall–Kier alpha value is -1.79. The number of carbonyl (C=O) groups is 1. The molecule has 1 aliphatic rings. The lowest BCUT2D eigenvalue weighted by atomic mass is 9.97. The largest absolute Gasteiger partial charge is 0.482 e. The van der Waals surface area contributed by atoms with Gasteiger partial charge in [-0.15, -0.1) is 0 Å². The summed E-state index contributed by atoms with van der Waals surface area (Å²) in [6.07, 6.45) is 0.231. The number of hydrogen-bond donors (Lipinski definition) is 3. The minimum Gasteiger partial charge on any atom is -0.482 e. The zero-order valence-corrected chi connectivity index (χ0v) is 11.5. The molecule has 6 heteroatoms. The van der Waals surface area contributed by atoms with E-state index in [-0.39, 0.29) is 25.2 Å². The zero-order valence-electron chi connectivity index (χ0n) is 11.5. The first kappa shape index (κ1) is 14.6. The van der Waals surface area contributed by atoms with Crippen molar-refractivity contribution in [3.8, 4) is 5.75 Å². The number of carbonyl (C=O) groups excluding carboxylic acids is 1. The van der Waals surface area contributed by atoms with E-state index in [0.717, 1.165) is 0 Å². The van der Waals surface area contributed by atoms with E-state index in [1.54, 1.807) is 31.2 Å². The fourth-order valence-corrected chi connectivity index (χ4v) is 2.06. The summed E-state index contributed by atoms with van der Waals surface area (Å²) in [7, 11) is 0. The van der Waals surface area contributed by atoms with Crippen molar-refractivity contribution in [2.75, 3.05) is 25.5 Å². The normalized spacial score (nSPS) is 25.4. The van der Waals surface area contributed by atoms with Gasteiger partial charge in [-0.25, -0.2) is 0 Å². The second kappa shape index (κ2) is 6.11. The molecule has 1 aliphatic heterocycles. The van der Waals surface area contributed by atoms with Crippen LogP contribution in [0, 0.1) is 0 Å². The molecule has 110 valence electrons. The van der Waals surface area contributed by atoms with E-state index in [1.165, 1.54) is 0 Å². The number of aliphatic hydroxyl groups is 1. The molecular formula is C14H20N2O4. The molecule has 0 aliphatic carbocycles. The van der Waals surface area contributed by atoms with Crippen LogP contribution in [0.25, 0.3) is 0 Å². The summed E-state index contributed by atoms with van der Waals surface area (Å²) < 4.78 is 10.6. The molecule has 4 N–H and O–H groups in total. The van der Waals surface area contributed by atoms with E-state index < -0.39 is 5.60 Å². The van der Waals surface area contributed by atoms with E-state index in [9.17, 15) is 9.90 Å². The summed E-state index contributed by atoms with van der Waals surface area (Å²) in [5, 5.41) is 12.9. The molecule has 2 atom stereocenters. The quantitative estimate of drug-likeness (QED) is 0.675. The lowest BCUT2D eigenvalue weighted by molar-refractivity contribution is -0.124. The highest BCUT2D eigenvalue weighted by Crippen LogP contribution is 2.24. The van der Waals surface area contributed by atoms with Crippen LogP contribution in [0.3, 0.4) is 0 Å². The van der Waals surface area contributed by atoms with Gasteiger partial charge in [0.2, 0.25) is 0 Å². The smallest absolute Gasteiger partial charge is 0.258 e. The maximum Gasteiger partial charge on any atom is 0.258 e. The third-order valence-corrected chi connectivity index (χ3v) is 3.53. The monoisotopic (exact) mass is 280 g/mol. The van der Waals surface area contributed by atoms with Gasteiger partial charge in [-0.3, -0.25) is 4.79 Å². The number of rotatable bonds is 5. The van der Waals surface area contributed by atoms with E-state index in [2.05, 4.69) is 5.32 Å². The third-order valence-electron chi connectivity index (χ3n) is 3.53. The van der Waals surface area contributed by atoms with Crippen LogP contribution in [0.2, 0.25) is 0 Å². The highest BCUT2D eigenvalue weighted by molar-refractivity contribution is 5.77. The minimum absolute atomic E-state index is 0.139. The Morgan fingerprint density at radius 2 is 2.35 bits per heavy atom. The Labute approximate surface area is 117 Å². The topological polar surface area (TPSA) is 93.8 Å². The number of amides is 1. The minimum atomic E-state index is -0.999. The van der Waals surface area contributed by atoms with Crippen molar-refractivity contribution in [3.63, 3.8) is 0 Å². The Balaban J connectivity index is 1.77. The standard InChI is InChI=1S/C14H20N2O4/c1-10-14(18,6-7-19-10)9-16-13(17)8-20-12-5-3-2-4-11(12)15/h2-5,10,18H,6-9,15H2,1H3,(H,16,17). The van der Waals surface area contributed by atoms with Gasteiger partial charge in [-0.2, -0.15) is 0 Å². The van der Waals surface area contributed by atoms with Gasteiger partial charge in [0.05, 0.1) is 11.8 Å². The highest BCUT2D eigenvalue weighted by atomic mass is 16.5. The van der Waals surface area contributed by atoms with Crippen molar-refractivity contribution >= 4 is 11.6 Å². The SMILES string of the molecule is CC1OCCC1(O)CNC(=O)COc1ccccc1N. The van der Waals surface area contributed by atoms with Gasteiger partial charge in [0.1, 0.15) is 11.4 Å². The summed E-state index contributed by atoms with van der Waals surface area (Å²) in [5.74, 6) is 0.166. The molecule has 1 amide bonds. The lowest BCUT2D eigenvalue weighted by Crippen LogP contribution is -2.48. The fraction of sp³-hybridized carbons (Fsp3) is 0.500. The Morgan fingerprint density at radius 3 is 3.00 bits per heavy atom. The highest BCUT2D eigenvalue weighted by Gasteiger charge is 2.39. The first-order chi connectivity index (χ1) is 9.51. The number of benzene rings is 1. The van der Waals surface area contributed by atoms with Gasteiger partial charge in [0.15, 0.2) is 6.61 Å². The maximum absolute atomic E-state index is 11.7. The van der Waals surface area contributed by atoms with Crippen LogP contribution in [0.1, 0.15) is 13.3 Å². The molecular weight excluding hydrogens is 260 g/mol. The van der Waals surface area contributed by atoms with Crippen molar-refractivity contribution < 1.29 is 19.4 Å². The molecule has 0 radical (unpaired) electrons. The second-order valence-corrected chi connectivity index (χ2v) is 4.97. The van der Waals surface area contributed by atoms with Crippen molar-refractivity contribution in [1.82, 2.24) is 5.32 Å². The summed E-state index contributed by atoms with van der Waals surface area (Å²) in [5.41, 5.74) is 5.19.